The van der Waals surface area contributed by atoms with Crippen LogP contribution < -0.4 is 15.4 Å². The summed E-state index contributed by atoms with van der Waals surface area (Å²) in [5.74, 6) is 0.729. The highest BCUT2D eigenvalue weighted by Gasteiger charge is 2.07. The number of hydrogen-bond donors (Lipinski definition) is 2. The Labute approximate surface area is 121 Å². The third-order valence-electron chi connectivity index (χ3n) is 2.64. The van der Waals surface area contributed by atoms with Gasteiger partial charge in [-0.3, -0.25) is 0 Å². The summed E-state index contributed by atoms with van der Waals surface area (Å²) in [6.07, 6.45) is 1.56. The standard InChI is InChI=1S/C14H14ClN3O2/c1-20-12-7-3-2-5-10(12)9-17-14(19)18-11-6-4-8-16-13(11)15/h2-8H,9H2,1H3,(H2,17,18,19). The lowest BCUT2D eigenvalue weighted by molar-refractivity contribution is 0.251. The number of ether oxygens (including phenoxy) is 1. The summed E-state index contributed by atoms with van der Waals surface area (Å²) >= 11 is 5.86. The molecule has 0 aliphatic carbocycles. The molecule has 1 heterocycles. The Bertz CT molecular complexity index is 604. The van der Waals surface area contributed by atoms with Crippen molar-refractivity contribution in [2.75, 3.05) is 12.4 Å². The average molecular weight is 292 g/mol. The molecule has 2 N–H and O–H groups in total. The van der Waals surface area contributed by atoms with Gasteiger partial charge in [-0.15, -0.1) is 0 Å². The van der Waals surface area contributed by atoms with E-state index in [1.54, 1.807) is 25.4 Å². The average Bonchev–Trinajstić information content (AvgIpc) is 2.48. The highest BCUT2D eigenvalue weighted by Crippen LogP contribution is 2.18. The zero-order valence-electron chi connectivity index (χ0n) is 10.9. The van der Waals surface area contributed by atoms with Crippen LogP contribution in [-0.2, 0) is 6.54 Å². The van der Waals surface area contributed by atoms with Gasteiger partial charge in [-0.05, 0) is 18.2 Å². The van der Waals surface area contributed by atoms with Gasteiger partial charge in [0.05, 0.1) is 12.8 Å². The van der Waals surface area contributed by atoms with Crippen molar-refractivity contribution in [1.82, 2.24) is 10.3 Å². The number of carbonyl (C=O) groups excluding carboxylic acids is 1. The van der Waals surface area contributed by atoms with Crippen LogP contribution in [0.1, 0.15) is 5.56 Å². The van der Waals surface area contributed by atoms with Gasteiger partial charge < -0.3 is 15.4 Å². The van der Waals surface area contributed by atoms with Crippen molar-refractivity contribution in [2.45, 2.75) is 6.54 Å². The lowest BCUT2D eigenvalue weighted by Gasteiger charge is -2.10. The zero-order valence-corrected chi connectivity index (χ0v) is 11.6. The van der Waals surface area contributed by atoms with Gasteiger partial charge >= 0.3 is 6.03 Å². The summed E-state index contributed by atoms with van der Waals surface area (Å²) in [6.45, 7) is 0.355. The van der Waals surface area contributed by atoms with Gasteiger partial charge in [0, 0.05) is 18.3 Å². The van der Waals surface area contributed by atoms with Crippen LogP contribution in [0.4, 0.5) is 10.5 Å². The molecule has 2 rings (SSSR count). The normalized spacial score (nSPS) is 9.90. The summed E-state index contributed by atoms with van der Waals surface area (Å²) < 4.78 is 5.21. The molecule has 0 saturated heterocycles. The molecule has 5 nitrogen and oxygen atoms in total. The maximum absolute atomic E-state index is 11.8. The van der Waals surface area contributed by atoms with E-state index in [1.807, 2.05) is 24.3 Å². The lowest BCUT2D eigenvalue weighted by atomic mass is 10.2. The van der Waals surface area contributed by atoms with Crippen LogP contribution in [0.5, 0.6) is 5.75 Å². The van der Waals surface area contributed by atoms with Crippen LogP contribution in [0.2, 0.25) is 5.15 Å². The first-order valence-electron chi connectivity index (χ1n) is 5.98. The van der Waals surface area contributed by atoms with E-state index >= 15 is 0 Å². The van der Waals surface area contributed by atoms with E-state index in [0.717, 1.165) is 11.3 Å². The fraction of sp³-hybridized carbons (Fsp3) is 0.143. The van der Waals surface area contributed by atoms with Crippen LogP contribution in [-0.4, -0.2) is 18.1 Å². The van der Waals surface area contributed by atoms with Crippen LogP contribution in [0, 0.1) is 0 Å². The van der Waals surface area contributed by atoms with Crippen molar-refractivity contribution in [3.63, 3.8) is 0 Å². The number of aromatic nitrogens is 1. The van der Waals surface area contributed by atoms with Crippen LogP contribution in [0.15, 0.2) is 42.6 Å². The molecule has 0 atom stereocenters. The third-order valence-corrected chi connectivity index (χ3v) is 2.94. The predicted octanol–water partition coefficient (Wildman–Crippen LogP) is 3.07. The number of benzene rings is 1. The van der Waals surface area contributed by atoms with Crippen LogP contribution in [0.25, 0.3) is 0 Å². The van der Waals surface area contributed by atoms with Crippen molar-refractivity contribution in [3.05, 3.63) is 53.3 Å². The van der Waals surface area contributed by atoms with E-state index in [-0.39, 0.29) is 11.2 Å². The molecule has 2 aromatic rings. The first-order chi connectivity index (χ1) is 9.70. The number of rotatable bonds is 4. The van der Waals surface area contributed by atoms with Gasteiger partial charge in [0.15, 0.2) is 5.15 Å². The van der Waals surface area contributed by atoms with Gasteiger partial charge in [0.1, 0.15) is 5.75 Å². The summed E-state index contributed by atoms with van der Waals surface area (Å²) in [5.41, 5.74) is 1.36. The number of urea groups is 1. The summed E-state index contributed by atoms with van der Waals surface area (Å²) in [4.78, 5) is 15.7. The van der Waals surface area contributed by atoms with Gasteiger partial charge in [0.2, 0.25) is 0 Å². The number of nitrogens with one attached hydrogen (secondary N) is 2. The SMILES string of the molecule is COc1ccccc1CNC(=O)Nc1cccnc1Cl. The second kappa shape index (κ2) is 6.77. The summed E-state index contributed by atoms with van der Waals surface area (Å²) in [6, 6.07) is 10.5. The molecule has 104 valence electrons. The Morgan fingerprint density at radius 3 is 2.85 bits per heavy atom. The minimum absolute atomic E-state index is 0.250. The molecule has 1 aromatic carbocycles. The Morgan fingerprint density at radius 2 is 2.10 bits per heavy atom. The van der Waals surface area contributed by atoms with E-state index in [9.17, 15) is 4.79 Å². The molecule has 0 aliphatic rings. The number of pyridine rings is 1. The summed E-state index contributed by atoms with van der Waals surface area (Å²) in [5, 5.41) is 5.62. The number of nitrogens with zero attached hydrogens (tertiary/aromatic N) is 1. The molecule has 0 aliphatic heterocycles. The second-order valence-electron chi connectivity index (χ2n) is 3.96. The van der Waals surface area contributed by atoms with E-state index < -0.39 is 0 Å². The number of amides is 2. The van der Waals surface area contributed by atoms with Gasteiger partial charge in [-0.25, -0.2) is 9.78 Å². The molecular weight excluding hydrogens is 278 g/mol. The van der Waals surface area contributed by atoms with E-state index in [2.05, 4.69) is 15.6 Å². The molecule has 0 fully saturated rings. The van der Waals surface area contributed by atoms with E-state index in [1.165, 1.54) is 0 Å². The first kappa shape index (κ1) is 14.1. The second-order valence-corrected chi connectivity index (χ2v) is 4.32. The highest BCUT2D eigenvalue weighted by molar-refractivity contribution is 6.32. The molecule has 0 spiro atoms. The van der Waals surface area contributed by atoms with E-state index in [4.69, 9.17) is 16.3 Å². The molecule has 0 bridgehead atoms. The minimum atomic E-state index is -0.356. The Kier molecular flexibility index (Phi) is 4.79. The van der Waals surface area contributed by atoms with Crippen LogP contribution in [0.3, 0.4) is 0 Å². The largest absolute Gasteiger partial charge is 0.496 e. The maximum atomic E-state index is 11.8. The lowest BCUT2D eigenvalue weighted by Crippen LogP contribution is -2.28. The molecule has 0 radical (unpaired) electrons. The van der Waals surface area contributed by atoms with Gasteiger partial charge in [-0.2, -0.15) is 0 Å². The minimum Gasteiger partial charge on any atom is -0.496 e. The molecule has 6 heteroatoms. The zero-order chi connectivity index (χ0) is 14.4. The van der Waals surface area contributed by atoms with Crippen LogP contribution >= 0.6 is 11.6 Å². The summed E-state index contributed by atoms with van der Waals surface area (Å²) in [7, 11) is 1.59. The van der Waals surface area contributed by atoms with Crippen molar-refractivity contribution in [2.24, 2.45) is 0 Å². The van der Waals surface area contributed by atoms with E-state index in [0.29, 0.717) is 12.2 Å². The maximum Gasteiger partial charge on any atom is 0.319 e. The number of carbonyl (C=O) groups is 1. The van der Waals surface area contributed by atoms with Gasteiger partial charge in [0.25, 0.3) is 0 Å². The van der Waals surface area contributed by atoms with Crippen molar-refractivity contribution < 1.29 is 9.53 Å². The molecule has 1 aromatic heterocycles. The molecule has 20 heavy (non-hydrogen) atoms. The number of halogens is 1. The molecule has 0 unspecified atom stereocenters. The number of methoxy groups -OCH3 is 1. The fourth-order valence-corrected chi connectivity index (χ4v) is 1.84. The fourth-order valence-electron chi connectivity index (χ4n) is 1.67. The Morgan fingerprint density at radius 1 is 1.30 bits per heavy atom. The Hall–Kier alpha value is -2.27. The highest BCUT2D eigenvalue weighted by atomic mass is 35.5. The van der Waals surface area contributed by atoms with Crippen molar-refractivity contribution in [1.29, 1.82) is 0 Å². The smallest absolute Gasteiger partial charge is 0.319 e. The van der Waals surface area contributed by atoms with Crippen molar-refractivity contribution >= 4 is 23.3 Å². The monoisotopic (exact) mass is 291 g/mol. The number of anilines is 1. The molecule has 2 amide bonds. The topological polar surface area (TPSA) is 63.2 Å². The quantitative estimate of drug-likeness (QED) is 0.851. The Balaban J connectivity index is 1.94. The predicted molar refractivity (Wildman–Crippen MR) is 78.1 cm³/mol. The third kappa shape index (κ3) is 3.61. The first-order valence-corrected chi connectivity index (χ1v) is 6.36. The number of hydrogen-bond acceptors (Lipinski definition) is 3. The van der Waals surface area contributed by atoms with Crippen molar-refractivity contribution in [3.8, 4) is 5.75 Å². The molecule has 0 saturated carbocycles. The molecular formula is C14H14ClN3O2. The van der Waals surface area contributed by atoms with Gasteiger partial charge in [-0.1, -0.05) is 29.8 Å². The number of para-hydroxylation sites is 1.